The van der Waals surface area contributed by atoms with Gasteiger partial charge in [-0.2, -0.15) is 0 Å². The fourth-order valence-corrected chi connectivity index (χ4v) is 2.59. The van der Waals surface area contributed by atoms with Crippen LogP contribution in [0.15, 0.2) is 28.6 Å². The van der Waals surface area contributed by atoms with E-state index in [1.165, 1.54) is 0 Å². The maximum Gasteiger partial charge on any atom is 0.193 e. The lowest BCUT2D eigenvalue weighted by molar-refractivity contribution is 0.355. The van der Waals surface area contributed by atoms with Gasteiger partial charge in [0.05, 0.1) is 26.5 Å². The molecule has 0 radical (unpaired) electrons. The maximum absolute atomic E-state index is 5.91. The van der Waals surface area contributed by atoms with Crippen LogP contribution in [-0.2, 0) is 6.54 Å². The Labute approximate surface area is 139 Å². The molecule has 2 aromatic rings. The number of guanidine groups is 1. The Morgan fingerprint density at radius 2 is 2.04 bits per heavy atom. The zero-order valence-electron chi connectivity index (χ0n) is 13.7. The molecule has 0 aliphatic carbocycles. The van der Waals surface area contributed by atoms with Gasteiger partial charge in [0.2, 0.25) is 0 Å². The van der Waals surface area contributed by atoms with Crippen molar-refractivity contribution in [2.45, 2.75) is 6.54 Å². The molecule has 0 fully saturated rings. The number of rotatable bonds is 6. The first kappa shape index (κ1) is 16.9. The van der Waals surface area contributed by atoms with E-state index in [0.717, 1.165) is 16.5 Å². The van der Waals surface area contributed by atoms with Gasteiger partial charge in [0, 0.05) is 31.2 Å². The first-order valence-corrected chi connectivity index (χ1v) is 7.82. The number of aromatic nitrogens is 1. The number of ether oxygens (including phenoxy) is 2. The fraction of sp³-hybridized carbons (Fsp3) is 0.333. The molecule has 8 heteroatoms. The third kappa shape index (κ3) is 4.49. The molecule has 3 N–H and O–H groups in total. The summed E-state index contributed by atoms with van der Waals surface area (Å²) in [5.74, 6) is 1.60. The molecule has 0 aliphatic rings. The summed E-state index contributed by atoms with van der Waals surface area (Å²) in [4.78, 5) is 10.7. The third-order valence-electron chi connectivity index (χ3n) is 2.99. The number of nitrogens with one attached hydrogen (secondary N) is 1. The zero-order chi connectivity index (χ0) is 16.8. The van der Waals surface area contributed by atoms with Gasteiger partial charge in [-0.1, -0.05) is 0 Å². The first-order chi connectivity index (χ1) is 11.0. The Morgan fingerprint density at radius 1 is 1.30 bits per heavy atom. The minimum Gasteiger partial charge on any atom is -0.493 e. The van der Waals surface area contributed by atoms with E-state index in [9.17, 15) is 0 Å². The van der Waals surface area contributed by atoms with E-state index < -0.39 is 0 Å². The molecule has 0 aliphatic heterocycles. The maximum atomic E-state index is 5.91. The van der Waals surface area contributed by atoms with Gasteiger partial charge in [0.25, 0.3) is 0 Å². The Bertz CT molecular complexity index is 684. The van der Waals surface area contributed by atoms with E-state index in [1.807, 2.05) is 30.4 Å². The van der Waals surface area contributed by atoms with Gasteiger partial charge < -0.3 is 25.4 Å². The van der Waals surface area contributed by atoms with Crippen LogP contribution >= 0.6 is 11.3 Å². The lowest BCUT2D eigenvalue weighted by Crippen LogP contribution is -2.22. The number of hydrogen-bond donors (Lipinski definition) is 2. The highest BCUT2D eigenvalue weighted by Gasteiger charge is 2.06. The van der Waals surface area contributed by atoms with Crippen LogP contribution in [0.2, 0.25) is 0 Å². The Balaban J connectivity index is 2.01. The van der Waals surface area contributed by atoms with Gasteiger partial charge in [-0.25, -0.2) is 9.98 Å². The van der Waals surface area contributed by atoms with Gasteiger partial charge in [-0.05, 0) is 12.1 Å². The molecule has 2 rings (SSSR count). The van der Waals surface area contributed by atoms with E-state index in [0.29, 0.717) is 24.0 Å². The molecule has 0 bridgehead atoms. The van der Waals surface area contributed by atoms with Crippen molar-refractivity contribution in [2.24, 2.45) is 10.7 Å². The summed E-state index contributed by atoms with van der Waals surface area (Å²) >= 11 is 1.58. The molecule has 0 atom stereocenters. The van der Waals surface area contributed by atoms with Gasteiger partial charge in [-0.15, -0.1) is 11.3 Å². The van der Waals surface area contributed by atoms with E-state index in [4.69, 9.17) is 15.2 Å². The van der Waals surface area contributed by atoms with Crippen molar-refractivity contribution in [2.75, 3.05) is 38.5 Å². The number of methoxy groups -OCH3 is 2. The first-order valence-electron chi connectivity index (χ1n) is 6.94. The molecule has 0 unspecified atom stereocenters. The number of anilines is 2. The van der Waals surface area contributed by atoms with Crippen molar-refractivity contribution in [1.29, 1.82) is 0 Å². The standard InChI is InChI=1S/C15H21N5O2S/c1-20(2)15-19-11(9-23-15)8-17-14(16)18-10-5-6-12(21-3)13(7-10)22-4/h5-7,9H,8H2,1-4H3,(H3,16,17,18). The Kier molecular flexibility index (Phi) is 5.64. The van der Waals surface area contributed by atoms with Crippen LogP contribution in [0, 0.1) is 0 Å². The summed E-state index contributed by atoms with van der Waals surface area (Å²) in [6, 6.07) is 5.45. The van der Waals surface area contributed by atoms with E-state index in [-0.39, 0.29) is 0 Å². The van der Waals surface area contributed by atoms with Crippen LogP contribution in [-0.4, -0.2) is 39.3 Å². The molecule has 0 saturated heterocycles. The lowest BCUT2D eigenvalue weighted by atomic mass is 10.3. The molecule has 23 heavy (non-hydrogen) atoms. The molecular weight excluding hydrogens is 314 g/mol. The topological polar surface area (TPSA) is 85.0 Å². The minimum absolute atomic E-state index is 0.316. The SMILES string of the molecule is COc1ccc(NC(N)=NCc2csc(N(C)C)n2)cc1OC. The van der Waals surface area contributed by atoms with E-state index in [1.54, 1.807) is 37.7 Å². The largest absolute Gasteiger partial charge is 0.493 e. The van der Waals surface area contributed by atoms with Crippen LogP contribution in [0.5, 0.6) is 11.5 Å². The van der Waals surface area contributed by atoms with Gasteiger partial charge in [0.15, 0.2) is 22.6 Å². The average molecular weight is 335 g/mol. The van der Waals surface area contributed by atoms with Gasteiger partial charge in [-0.3, -0.25) is 0 Å². The zero-order valence-corrected chi connectivity index (χ0v) is 14.5. The lowest BCUT2D eigenvalue weighted by Gasteiger charge is -2.10. The van der Waals surface area contributed by atoms with Crippen molar-refractivity contribution in [3.8, 4) is 11.5 Å². The second kappa shape index (κ2) is 7.68. The summed E-state index contributed by atoms with van der Waals surface area (Å²) in [7, 11) is 7.10. The monoisotopic (exact) mass is 335 g/mol. The van der Waals surface area contributed by atoms with Crippen LogP contribution < -0.4 is 25.4 Å². The molecule has 124 valence electrons. The Morgan fingerprint density at radius 3 is 2.65 bits per heavy atom. The number of hydrogen-bond acceptors (Lipinski definition) is 6. The van der Waals surface area contributed by atoms with Crippen molar-refractivity contribution in [1.82, 2.24) is 4.98 Å². The number of nitrogens with two attached hydrogens (primary N) is 1. The highest BCUT2D eigenvalue weighted by atomic mass is 32.1. The smallest absolute Gasteiger partial charge is 0.193 e. The van der Waals surface area contributed by atoms with Crippen LogP contribution in [0.4, 0.5) is 10.8 Å². The summed E-state index contributed by atoms with van der Waals surface area (Å²) in [5, 5.41) is 5.95. The summed E-state index contributed by atoms with van der Waals surface area (Å²) in [6.07, 6.45) is 0. The summed E-state index contributed by atoms with van der Waals surface area (Å²) in [6.45, 7) is 0.427. The highest BCUT2D eigenvalue weighted by Crippen LogP contribution is 2.29. The van der Waals surface area contributed by atoms with Crippen molar-refractivity contribution >= 4 is 28.1 Å². The predicted octanol–water partition coefficient (Wildman–Crippen LogP) is 2.15. The summed E-state index contributed by atoms with van der Waals surface area (Å²) < 4.78 is 10.5. The van der Waals surface area contributed by atoms with Crippen LogP contribution in [0.3, 0.4) is 0 Å². The molecule has 1 heterocycles. The molecular formula is C15H21N5O2S. The number of thiazole rings is 1. The average Bonchev–Trinajstić information content (AvgIpc) is 3.02. The van der Waals surface area contributed by atoms with Crippen molar-refractivity contribution in [3.63, 3.8) is 0 Å². The number of nitrogens with zero attached hydrogens (tertiary/aromatic N) is 3. The van der Waals surface area contributed by atoms with Crippen molar-refractivity contribution < 1.29 is 9.47 Å². The van der Waals surface area contributed by atoms with Gasteiger partial charge in [0.1, 0.15) is 0 Å². The molecule has 0 amide bonds. The molecule has 1 aromatic carbocycles. The highest BCUT2D eigenvalue weighted by molar-refractivity contribution is 7.13. The second-order valence-electron chi connectivity index (χ2n) is 4.91. The molecule has 0 spiro atoms. The van der Waals surface area contributed by atoms with Gasteiger partial charge >= 0.3 is 0 Å². The second-order valence-corrected chi connectivity index (χ2v) is 5.75. The predicted molar refractivity (Wildman–Crippen MR) is 94.9 cm³/mol. The Hall–Kier alpha value is -2.48. The summed E-state index contributed by atoms with van der Waals surface area (Å²) in [5.41, 5.74) is 7.57. The van der Waals surface area contributed by atoms with Crippen molar-refractivity contribution in [3.05, 3.63) is 29.3 Å². The fourth-order valence-electron chi connectivity index (χ4n) is 1.84. The third-order valence-corrected chi connectivity index (χ3v) is 4.05. The molecule has 0 saturated carbocycles. The molecule has 7 nitrogen and oxygen atoms in total. The number of aliphatic imine (C=N–C) groups is 1. The normalized spacial score (nSPS) is 11.2. The molecule has 1 aromatic heterocycles. The minimum atomic E-state index is 0.316. The van der Waals surface area contributed by atoms with E-state index >= 15 is 0 Å². The van der Waals surface area contributed by atoms with Crippen LogP contribution in [0.1, 0.15) is 5.69 Å². The number of benzene rings is 1. The van der Waals surface area contributed by atoms with Crippen LogP contribution in [0.25, 0.3) is 0 Å². The van der Waals surface area contributed by atoms with E-state index in [2.05, 4.69) is 15.3 Å². The quantitative estimate of drug-likeness (QED) is 0.621.